The Balaban J connectivity index is 2.04. The summed E-state index contributed by atoms with van der Waals surface area (Å²) in [4.78, 5) is 18.8. The average molecular weight is 193 g/mol. The Morgan fingerprint density at radius 1 is 1.50 bits per heavy atom. The molecular weight excluding hydrogens is 182 g/mol. The highest BCUT2D eigenvalue weighted by atomic mass is 16.5. The fourth-order valence-electron chi connectivity index (χ4n) is 1.06. The number of methoxy groups -OCH3 is 1. The first-order valence-electron chi connectivity index (χ1n) is 4.46. The number of aromatic nitrogens is 2. The number of hydrogen-bond acceptors (Lipinski definition) is 5. The average Bonchev–Trinajstić information content (AvgIpc) is 3.02. The van der Waals surface area contributed by atoms with Crippen LogP contribution >= 0.6 is 0 Å². The molecule has 2 rings (SSSR count). The van der Waals surface area contributed by atoms with E-state index in [4.69, 9.17) is 0 Å². The van der Waals surface area contributed by atoms with E-state index in [0.29, 0.717) is 6.04 Å². The number of nitrogens with zero attached hydrogens (tertiary/aromatic N) is 2. The fourth-order valence-corrected chi connectivity index (χ4v) is 1.06. The first kappa shape index (κ1) is 8.93. The van der Waals surface area contributed by atoms with Crippen molar-refractivity contribution in [3.05, 3.63) is 18.2 Å². The van der Waals surface area contributed by atoms with E-state index < -0.39 is 5.97 Å². The van der Waals surface area contributed by atoms with Gasteiger partial charge in [-0.05, 0) is 12.8 Å². The minimum atomic E-state index is -0.511. The topological polar surface area (TPSA) is 64.1 Å². The Hall–Kier alpha value is -1.65. The Bertz CT molecular complexity index is 332. The van der Waals surface area contributed by atoms with Crippen LogP contribution in [0.5, 0.6) is 0 Å². The lowest BCUT2D eigenvalue weighted by Crippen LogP contribution is -2.08. The summed E-state index contributed by atoms with van der Waals surface area (Å²) in [5.74, 6) is -0.420. The van der Waals surface area contributed by atoms with Gasteiger partial charge in [-0.2, -0.15) is 0 Å². The molecule has 14 heavy (non-hydrogen) atoms. The molecule has 1 saturated carbocycles. The van der Waals surface area contributed by atoms with Crippen molar-refractivity contribution >= 4 is 11.7 Å². The molecule has 0 aromatic carbocycles. The maximum atomic E-state index is 11.0. The van der Waals surface area contributed by atoms with Crippen molar-refractivity contribution in [2.75, 3.05) is 12.4 Å². The van der Waals surface area contributed by atoms with Gasteiger partial charge in [0.15, 0.2) is 0 Å². The number of carbonyl (C=O) groups excluding carboxylic acids is 1. The summed E-state index contributed by atoms with van der Waals surface area (Å²) in [5, 5.41) is 3.22. The molecule has 0 unspecified atom stereocenters. The molecule has 5 heteroatoms. The van der Waals surface area contributed by atoms with Crippen LogP contribution in [-0.2, 0) is 4.74 Å². The highest BCUT2D eigenvalue weighted by Gasteiger charge is 2.21. The molecule has 1 aromatic rings. The van der Waals surface area contributed by atoms with Crippen LogP contribution in [0.15, 0.2) is 12.4 Å². The maximum Gasteiger partial charge on any atom is 0.376 e. The van der Waals surface area contributed by atoms with Gasteiger partial charge in [0, 0.05) is 6.04 Å². The van der Waals surface area contributed by atoms with Crippen molar-refractivity contribution in [2.45, 2.75) is 18.9 Å². The number of rotatable bonds is 3. The van der Waals surface area contributed by atoms with Crippen molar-refractivity contribution in [1.82, 2.24) is 9.97 Å². The molecule has 1 N–H and O–H groups in total. The van der Waals surface area contributed by atoms with Gasteiger partial charge in [-0.3, -0.25) is 0 Å². The maximum absolute atomic E-state index is 11.0. The Morgan fingerprint density at radius 2 is 2.14 bits per heavy atom. The molecule has 1 aliphatic rings. The third-order valence-electron chi connectivity index (χ3n) is 1.97. The first-order chi connectivity index (χ1) is 6.79. The van der Waals surface area contributed by atoms with Gasteiger partial charge < -0.3 is 10.1 Å². The van der Waals surface area contributed by atoms with Gasteiger partial charge in [0.05, 0.1) is 25.2 Å². The van der Waals surface area contributed by atoms with Gasteiger partial charge in [-0.1, -0.05) is 0 Å². The second-order valence-electron chi connectivity index (χ2n) is 3.21. The molecule has 0 bridgehead atoms. The van der Waals surface area contributed by atoms with E-state index in [9.17, 15) is 4.79 Å². The molecule has 0 spiro atoms. The van der Waals surface area contributed by atoms with E-state index in [1.54, 1.807) is 12.4 Å². The van der Waals surface area contributed by atoms with E-state index in [1.807, 2.05) is 0 Å². The monoisotopic (exact) mass is 193 g/mol. The standard InChI is InChI=1S/C9H11N3O2/c1-14-9(13)8-10-4-7(5-11-8)12-6-2-3-6/h4-6,12H,2-3H2,1H3. The van der Waals surface area contributed by atoms with Crippen molar-refractivity contribution in [3.8, 4) is 0 Å². The van der Waals surface area contributed by atoms with E-state index in [0.717, 1.165) is 5.69 Å². The first-order valence-corrected chi connectivity index (χ1v) is 4.46. The van der Waals surface area contributed by atoms with E-state index in [-0.39, 0.29) is 5.82 Å². The lowest BCUT2D eigenvalue weighted by atomic mass is 10.5. The van der Waals surface area contributed by atoms with Crippen LogP contribution in [0.1, 0.15) is 23.5 Å². The molecule has 0 saturated heterocycles. The summed E-state index contributed by atoms with van der Waals surface area (Å²) in [6, 6.07) is 0.558. The predicted molar refractivity (Wildman–Crippen MR) is 50.0 cm³/mol. The Labute approximate surface area is 81.5 Å². The zero-order valence-electron chi connectivity index (χ0n) is 7.86. The van der Waals surface area contributed by atoms with Crippen molar-refractivity contribution in [3.63, 3.8) is 0 Å². The summed E-state index contributed by atoms with van der Waals surface area (Å²) >= 11 is 0. The van der Waals surface area contributed by atoms with Crippen LogP contribution in [-0.4, -0.2) is 29.1 Å². The lowest BCUT2D eigenvalue weighted by molar-refractivity contribution is 0.0587. The molecule has 1 heterocycles. The Kier molecular flexibility index (Phi) is 2.30. The van der Waals surface area contributed by atoms with Crippen LogP contribution in [0.4, 0.5) is 5.69 Å². The summed E-state index contributed by atoms with van der Waals surface area (Å²) in [7, 11) is 1.31. The smallest absolute Gasteiger partial charge is 0.376 e. The third kappa shape index (κ3) is 1.99. The summed E-state index contributed by atoms with van der Waals surface area (Å²) < 4.78 is 4.49. The molecule has 1 aliphatic carbocycles. The normalized spacial score (nSPS) is 14.9. The van der Waals surface area contributed by atoms with E-state index in [1.165, 1.54) is 20.0 Å². The van der Waals surface area contributed by atoms with Crippen LogP contribution in [0.25, 0.3) is 0 Å². The van der Waals surface area contributed by atoms with Gasteiger partial charge >= 0.3 is 5.97 Å². The SMILES string of the molecule is COC(=O)c1ncc(NC2CC2)cn1. The van der Waals surface area contributed by atoms with Gasteiger partial charge in [0.1, 0.15) is 0 Å². The number of hydrogen-bond donors (Lipinski definition) is 1. The fraction of sp³-hybridized carbons (Fsp3) is 0.444. The zero-order valence-corrected chi connectivity index (χ0v) is 7.86. The minimum Gasteiger partial charge on any atom is -0.463 e. The van der Waals surface area contributed by atoms with Crippen molar-refractivity contribution < 1.29 is 9.53 Å². The van der Waals surface area contributed by atoms with Gasteiger partial charge in [0.2, 0.25) is 5.82 Å². The summed E-state index contributed by atoms with van der Waals surface area (Å²) in [5.41, 5.74) is 0.847. The van der Waals surface area contributed by atoms with E-state index in [2.05, 4.69) is 20.0 Å². The van der Waals surface area contributed by atoms with Crippen LogP contribution in [0, 0.1) is 0 Å². The largest absolute Gasteiger partial charge is 0.463 e. The van der Waals surface area contributed by atoms with Crippen molar-refractivity contribution in [2.24, 2.45) is 0 Å². The van der Waals surface area contributed by atoms with Crippen LogP contribution in [0.2, 0.25) is 0 Å². The summed E-state index contributed by atoms with van der Waals surface area (Å²) in [6.07, 6.45) is 5.58. The molecule has 74 valence electrons. The predicted octanol–water partition coefficient (Wildman–Crippen LogP) is 0.837. The quantitative estimate of drug-likeness (QED) is 0.720. The highest BCUT2D eigenvalue weighted by Crippen LogP contribution is 2.23. The van der Waals surface area contributed by atoms with Crippen LogP contribution < -0.4 is 5.32 Å². The van der Waals surface area contributed by atoms with Crippen LogP contribution in [0.3, 0.4) is 0 Å². The third-order valence-corrected chi connectivity index (χ3v) is 1.97. The molecule has 5 nitrogen and oxygen atoms in total. The molecule has 0 radical (unpaired) electrons. The highest BCUT2D eigenvalue weighted by molar-refractivity contribution is 5.85. The molecule has 0 amide bonds. The number of nitrogens with one attached hydrogen (secondary N) is 1. The summed E-state index contributed by atoms with van der Waals surface area (Å²) in [6.45, 7) is 0. The van der Waals surface area contributed by atoms with E-state index >= 15 is 0 Å². The van der Waals surface area contributed by atoms with Gasteiger partial charge in [-0.15, -0.1) is 0 Å². The van der Waals surface area contributed by atoms with Crippen molar-refractivity contribution in [1.29, 1.82) is 0 Å². The molecular formula is C9H11N3O2. The second kappa shape index (κ2) is 3.61. The number of ether oxygens (including phenoxy) is 1. The molecule has 1 aromatic heterocycles. The zero-order chi connectivity index (χ0) is 9.97. The second-order valence-corrected chi connectivity index (χ2v) is 3.21. The Morgan fingerprint density at radius 3 is 2.64 bits per heavy atom. The van der Waals surface area contributed by atoms with Gasteiger partial charge in [-0.25, -0.2) is 14.8 Å². The molecule has 1 fully saturated rings. The minimum absolute atomic E-state index is 0.0915. The van der Waals surface area contributed by atoms with Gasteiger partial charge in [0.25, 0.3) is 0 Å². The number of anilines is 1. The number of carbonyl (C=O) groups is 1. The number of esters is 1. The molecule has 0 atom stereocenters. The molecule has 0 aliphatic heterocycles. The lowest BCUT2D eigenvalue weighted by Gasteiger charge is -2.03.